The van der Waals surface area contributed by atoms with Gasteiger partial charge in [-0.25, -0.2) is 4.98 Å². The number of imidazole rings is 1. The highest BCUT2D eigenvalue weighted by molar-refractivity contribution is 6.31. The van der Waals surface area contributed by atoms with Gasteiger partial charge >= 0.3 is 0 Å². The number of hydrogen-bond acceptors (Lipinski definition) is 2. The number of aromatic amines is 1. The number of carbonyl (C=O) groups is 1. The number of benzene rings is 1. The molecule has 0 bridgehead atoms. The molecule has 0 aliphatic rings. The van der Waals surface area contributed by atoms with E-state index in [9.17, 15) is 4.79 Å². The Hall–Kier alpha value is -1.81. The highest BCUT2D eigenvalue weighted by atomic mass is 35.5. The van der Waals surface area contributed by atoms with Crippen LogP contribution in [-0.4, -0.2) is 22.4 Å². The summed E-state index contributed by atoms with van der Waals surface area (Å²) in [5.41, 5.74) is 0.854. The van der Waals surface area contributed by atoms with E-state index in [2.05, 4.69) is 15.3 Å². The molecular formula is C14H16ClN3O. The topological polar surface area (TPSA) is 57.8 Å². The Morgan fingerprint density at radius 1 is 1.37 bits per heavy atom. The van der Waals surface area contributed by atoms with Gasteiger partial charge in [0.2, 0.25) is 5.91 Å². The highest BCUT2D eigenvalue weighted by Crippen LogP contribution is 2.15. The van der Waals surface area contributed by atoms with Gasteiger partial charge in [-0.3, -0.25) is 4.79 Å². The van der Waals surface area contributed by atoms with Crippen LogP contribution in [0.3, 0.4) is 0 Å². The molecule has 0 aliphatic carbocycles. The number of rotatable bonds is 6. The third-order valence-electron chi connectivity index (χ3n) is 2.78. The van der Waals surface area contributed by atoms with E-state index >= 15 is 0 Å². The molecule has 5 heteroatoms. The zero-order valence-electron chi connectivity index (χ0n) is 10.5. The molecule has 19 heavy (non-hydrogen) atoms. The first kappa shape index (κ1) is 13.6. The van der Waals surface area contributed by atoms with Crippen LogP contribution >= 0.6 is 11.6 Å². The van der Waals surface area contributed by atoms with Gasteiger partial charge < -0.3 is 10.3 Å². The standard InChI is InChI=1S/C14H16ClN3O/c15-12-5-2-1-4-11(12)10-14(19)18-7-3-6-13-16-8-9-17-13/h1-2,4-5,8-9H,3,6-7,10H2,(H,16,17)(H,18,19). The van der Waals surface area contributed by atoms with Gasteiger partial charge in [0.15, 0.2) is 0 Å². The van der Waals surface area contributed by atoms with Crippen molar-refractivity contribution in [2.24, 2.45) is 0 Å². The van der Waals surface area contributed by atoms with Crippen LogP contribution in [0, 0.1) is 0 Å². The van der Waals surface area contributed by atoms with E-state index in [1.165, 1.54) is 0 Å². The lowest BCUT2D eigenvalue weighted by atomic mass is 10.1. The number of halogens is 1. The summed E-state index contributed by atoms with van der Waals surface area (Å²) in [6.07, 6.45) is 5.54. The molecule has 1 aromatic carbocycles. The lowest BCUT2D eigenvalue weighted by molar-refractivity contribution is -0.120. The first-order chi connectivity index (χ1) is 9.25. The van der Waals surface area contributed by atoms with Crippen molar-refractivity contribution in [3.05, 3.63) is 53.1 Å². The second-order valence-electron chi connectivity index (χ2n) is 4.26. The molecule has 1 heterocycles. The predicted octanol–water partition coefficient (Wildman–Crippen LogP) is 2.35. The van der Waals surface area contributed by atoms with E-state index in [1.807, 2.05) is 18.2 Å². The van der Waals surface area contributed by atoms with E-state index in [-0.39, 0.29) is 5.91 Å². The number of H-pyrrole nitrogens is 1. The minimum atomic E-state index is -0.00690. The Labute approximate surface area is 117 Å². The number of amides is 1. The lowest BCUT2D eigenvalue weighted by Gasteiger charge is -2.06. The molecule has 0 unspecified atom stereocenters. The largest absolute Gasteiger partial charge is 0.356 e. The number of nitrogens with one attached hydrogen (secondary N) is 2. The number of hydrogen-bond donors (Lipinski definition) is 2. The fraction of sp³-hybridized carbons (Fsp3) is 0.286. The third kappa shape index (κ3) is 4.41. The van der Waals surface area contributed by atoms with Crippen LogP contribution < -0.4 is 5.32 Å². The quantitative estimate of drug-likeness (QED) is 0.797. The Bertz CT molecular complexity index is 525. The van der Waals surface area contributed by atoms with Crippen molar-refractivity contribution < 1.29 is 4.79 Å². The maximum Gasteiger partial charge on any atom is 0.224 e. The van der Waals surface area contributed by atoms with Crippen molar-refractivity contribution in [3.8, 4) is 0 Å². The maximum atomic E-state index is 11.7. The van der Waals surface area contributed by atoms with Crippen molar-refractivity contribution in [1.29, 1.82) is 0 Å². The molecule has 2 N–H and O–H groups in total. The zero-order valence-corrected chi connectivity index (χ0v) is 11.3. The van der Waals surface area contributed by atoms with Crippen LogP contribution in [0.2, 0.25) is 5.02 Å². The fourth-order valence-corrected chi connectivity index (χ4v) is 2.00. The fourth-order valence-electron chi connectivity index (χ4n) is 1.80. The van der Waals surface area contributed by atoms with Crippen molar-refractivity contribution in [2.75, 3.05) is 6.54 Å². The van der Waals surface area contributed by atoms with Gasteiger partial charge in [0, 0.05) is 30.4 Å². The molecule has 2 rings (SSSR count). The summed E-state index contributed by atoms with van der Waals surface area (Å²) in [4.78, 5) is 18.9. The molecule has 0 radical (unpaired) electrons. The molecule has 0 saturated heterocycles. The maximum absolute atomic E-state index is 11.7. The second-order valence-corrected chi connectivity index (χ2v) is 4.66. The Balaban J connectivity index is 1.69. The van der Waals surface area contributed by atoms with Gasteiger partial charge in [0.05, 0.1) is 6.42 Å². The summed E-state index contributed by atoms with van der Waals surface area (Å²) in [7, 11) is 0. The van der Waals surface area contributed by atoms with Crippen LogP contribution in [0.15, 0.2) is 36.7 Å². The zero-order chi connectivity index (χ0) is 13.5. The summed E-state index contributed by atoms with van der Waals surface area (Å²) in [5, 5.41) is 3.51. The molecule has 0 atom stereocenters. The van der Waals surface area contributed by atoms with E-state index < -0.39 is 0 Å². The van der Waals surface area contributed by atoms with Crippen LogP contribution in [0.25, 0.3) is 0 Å². The van der Waals surface area contributed by atoms with Gasteiger partial charge in [-0.1, -0.05) is 29.8 Å². The molecule has 0 fully saturated rings. The molecular weight excluding hydrogens is 262 g/mol. The van der Waals surface area contributed by atoms with E-state index in [0.29, 0.717) is 18.0 Å². The molecule has 1 aromatic heterocycles. The molecule has 0 saturated carbocycles. The first-order valence-corrected chi connectivity index (χ1v) is 6.62. The molecule has 0 aliphatic heterocycles. The van der Waals surface area contributed by atoms with Gasteiger partial charge in [-0.2, -0.15) is 0 Å². The predicted molar refractivity (Wildman–Crippen MR) is 75.1 cm³/mol. The summed E-state index contributed by atoms with van der Waals surface area (Å²) < 4.78 is 0. The first-order valence-electron chi connectivity index (χ1n) is 6.24. The normalized spacial score (nSPS) is 10.4. The minimum absolute atomic E-state index is 0.00690. The van der Waals surface area contributed by atoms with E-state index in [1.54, 1.807) is 18.5 Å². The Morgan fingerprint density at radius 2 is 2.21 bits per heavy atom. The summed E-state index contributed by atoms with van der Waals surface area (Å²) in [5.74, 6) is 0.938. The summed E-state index contributed by atoms with van der Waals surface area (Å²) in [6, 6.07) is 7.39. The van der Waals surface area contributed by atoms with Crippen molar-refractivity contribution in [3.63, 3.8) is 0 Å². The second kappa shape index (κ2) is 6.95. The lowest BCUT2D eigenvalue weighted by Crippen LogP contribution is -2.26. The highest BCUT2D eigenvalue weighted by Gasteiger charge is 2.05. The molecule has 1 amide bonds. The smallest absolute Gasteiger partial charge is 0.224 e. The van der Waals surface area contributed by atoms with Gasteiger partial charge in [-0.05, 0) is 18.1 Å². The molecule has 0 spiro atoms. The van der Waals surface area contributed by atoms with E-state index in [4.69, 9.17) is 11.6 Å². The van der Waals surface area contributed by atoms with Crippen LogP contribution in [0.1, 0.15) is 17.8 Å². The summed E-state index contributed by atoms with van der Waals surface area (Å²) >= 11 is 6.00. The average molecular weight is 278 g/mol. The van der Waals surface area contributed by atoms with Crippen LogP contribution in [-0.2, 0) is 17.6 Å². The van der Waals surface area contributed by atoms with Crippen molar-refractivity contribution >= 4 is 17.5 Å². The molecule has 4 nitrogen and oxygen atoms in total. The van der Waals surface area contributed by atoms with E-state index in [0.717, 1.165) is 24.2 Å². The third-order valence-corrected chi connectivity index (χ3v) is 3.14. The Morgan fingerprint density at radius 3 is 2.95 bits per heavy atom. The van der Waals surface area contributed by atoms with Gasteiger partial charge in [0.25, 0.3) is 0 Å². The molecule has 2 aromatic rings. The monoisotopic (exact) mass is 277 g/mol. The SMILES string of the molecule is O=C(Cc1ccccc1Cl)NCCCc1ncc[nH]1. The average Bonchev–Trinajstić information content (AvgIpc) is 2.91. The Kier molecular flexibility index (Phi) is 4.98. The van der Waals surface area contributed by atoms with Crippen LogP contribution in [0.5, 0.6) is 0 Å². The minimum Gasteiger partial charge on any atom is -0.356 e. The molecule has 100 valence electrons. The van der Waals surface area contributed by atoms with Crippen molar-refractivity contribution in [1.82, 2.24) is 15.3 Å². The number of aromatic nitrogens is 2. The number of nitrogens with zero attached hydrogens (tertiary/aromatic N) is 1. The summed E-state index contributed by atoms with van der Waals surface area (Å²) in [6.45, 7) is 0.643. The number of carbonyl (C=O) groups excluding carboxylic acids is 1. The number of aryl methyl sites for hydroxylation is 1. The van der Waals surface area contributed by atoms with Crippen LogP contribution in [0.4, 0.5) is 0 Å². The van der Waals surface area contributed by atoms with Crippen molar-refractivity contribution in [2.45, 2.75) is 19.3 Å². The van der Waals surface area contributed by atoms with Gasteiger partial charge in [0.1, 0.15) is 5.82 Å². The van der Waals surface area contributed by atoms with Gasteiger partial charge in [-0.15, -0.1) is 0 Å².